The first-order valence-electron chi connectivity index (χ1n) is 4.20. The number of anilines is 1. The van der Waals surface area contributed by atoms with Gasteiger partial charge in [0.25, 0.3) is 0 Å². The molecule has 6 heteroatoms. The molecule has 0 bridgehead atoms. The SMILES string of the molecule is O=S1(=O)CCCN1c1cncc(Br)c1. The summed E-state index contributed by atoms with van der Waals surface area (Å²) >= 11 is 3.26. The zero-order chi connectivity index (χ0) is 10.2. The summed E-state index contributed by atoms with van der Waals surface area (Å²) in [7, 11) is -3.08. The molecule has 0 atom stereocenters. The molecular weight excluding hydrogens is 268 g/mol. The zero-order valence-electron chi connectivity index (χ0n) is 7.35. The maximum atomic E-state index is 11.6. The third-order valence-electron chi connectivity index (χ3n) is 2.08. The molecule has 1 saturated heterocycles. The molecule has 4 nitrogen and oxygen atoms in total. The van der Waals surface area contributed by atoms with Crippen LogP contribution in [0.25, 0.3) is 0 Å². The summed E-state index contributed by atoms with van der Waals surface area (Å²) in [6, 6.07) is 1.76. The van der Waals surface area contributed by atoms with E-state index in [1.807, 2.05) is 0 Å². The van der Waals surface area contributed by atoms with E-state index in [0.717, 1.165) is 4.47 Å². The van der Waals surface area contributed by atoms with Crippen LogP contribution in [0.4, 0.5) is 5.69 Å². The van der Waals surface area contributed by atoms with E-state index >= 15 is 0 Å². The average molecular weight is 277 g/mol. The highest BCUT2D eigenvalue weighted by molar-refractivity contribution is 9.10. The van der Waals surface area contributed by atoms with E-state index in [4.69, 9.17) is 0 Å². The Morgan fingerprint density at radius 1 is 1.43 bits per heavy atom. The van der Waals surface area contributed by atoms with Crippen molar-refractivity contribution >= 4 is 31.6 Å². The molecule has 1 aliphatic rings. The van der Waals surface area contributed by atoms with Crippen LogP contribution in [0.3, 0.4) is 0 Å². The molecule has 14 heavy (non-hydrogen) atoms. The molecule has 1 aromatic heterocycles. The van der Waals surface area contributed by atoms with Crippen LogP contribution < -0.4 is 4.31 Å². The molecule has 1 aromatic rings. The molecule has 2 heterocycles. The molecule has 1 fully saturated rings. The molecule has 0 spiro atoms. The van der Waals surface area contributed by atoms with Crippen LogP contribution in [-0.2, 0) is 10.0 Å². The average Bonchev–Trinajstić information content (AvgIpc) is 2.45. The van der Waals surface area contributed by atoms with E-state index in [2.05, 4.69) is 20.9 Å². The first-order chi connectivity index (χ1) is 6.59. The number of aromatic nitrogens is 1. The summed E-state index contributed by atoms with van der Waals surface area (Å²) in [5.74, 6) is 0.236. The Morgan fingerprint density at radius 2 is 2.21 bits per heavy atom. The van der Waals surface area contributed by atoms with Crippen LogP contribution in [0.5, 0.6) is 0 Å². The van der Waals surface area contributed by atoms with Gasteiger partial charge in [-0.3, -0.25) is 9.29 Å². The molecule has 0 unspecified atom stereocenters. The monoisotopic (exact) mass is 276 g/mol. The predicted molar refractivity (Wildman–Crippen MR) is 57.7 cm³/mol. The third-order valence-corrected chi connectivity index (χ3v) is 4.38. The summed E-state index contributed by atoms with van der Waals surface area (Å²) in [6.45, 7) is 0.556. The van der Waals surface area contributed by atoms with E-state index in [-0.39, 0.29) is 5.75 Å². The van der Waals surface area contributed by atoms with E-state index < -0.39 is 10.0 Å². The fraction of sp³-hybridized carbons (Fsp3) is 0.375. The van der Waals surface area contributed by atoms with Crippen molar-refractivity contribution in [2.24, 2.45) is 0 Å². The number of halogens is 1. The van der Waals surface area contributed by atoms with Gasteiger partial charge in [0.1, 0.15) is 0 Å². The summed E-state index contributed by atoms with van der Waals surface area (Å²) in [5, 5.41) is 0. The minimum atomic E-state index is -3.08. The van der Waals surface area contributed by atoms with Crippen molar-refractivity contribution in [1.29, 1.82) is 0 Å². The van der Waals surface area contributed by atoms with Crippen molar-refractivity contribution in [1.82, 2.24) is 4.98 Å². The highest BCUT2D eigenvalue weighted by Gasteiger charge is 2.28. The van der Waals surface area contributed by atoms with Gasteiger partial charge in [-0.25, -0.2) is 8.42 Å². The lowest BCUT2D eigenvalue weighted by Gasteiger charge is -2.16. The summed E-state index contributed by atoms with van der Waals surface area (Å²) < 4.78 is 25.3. The highest BCUT2D eigenvalue weighted by Crippen LogP contribution is 2.25. The van der Waals surface area contributed by atoms with Crippen molar-refractivity contribution in [3.8, 4) is 0 Å². The second-order valence-corrected chi connectivity index (χ2v) is 6.03. The Hall–Kier alpha value is -0.620. The van der Waals surface area contributed by atoms with Gasteiger partial charge in [-0.1, -0.05) is 0 Å². The standard InChI is InChI=1S/C8H9BrN2O2S/c9-7-4-8(6-10-5-7)11-2-1-3-14(11,12)13/h4-6H,1-3H2. The number of sulfonamides is 1. The molecular formula is C8H9BrN2O2S. The fourth-order valence-corrected chi connectivity index (χ4v) is 3.36. The Balaban J connectivity index is 2.41. The number of pyridine rings is 1. The van der Waals surface area contributed by atoms with E-state index in [1.54, 1.807) is 18.5 Å². The van der Waals surface area contributed by atoms with Crippen molar-refractivity contribution in [3.63, 3.8) is 0 Å². The van der Waals surface area contributed by atoms with E-state index in [0.29, 0.717) is 18.7 Å². The van der Waals surface area contributed by atoms with E-state index in [9.17, 15) is 8.42 Å². The minimum Gasteiger partial charge on any atom is -0.269 e. The number of hydrogen-bond donors (Lipinski definition) is 0. The van der Waals surface area contributed by atoms with Gasteiger partial charge in [0.05, 0.1) is 17.6 Å². The van der Waals surface area contributed by atoms with Crippen LogP contribution in [0.1, 0.15) is 6.42 Å². The normalized spacial score (nSPS) is 19.9. The zero-order valence-corrected chi connectivity index (χ0v) is 9.75. The van der Waals surface area contributed by atoms with Crippen LogP contribution in [0.15, 0.2) is 22.9 Å². The van der Waals surface area contributed by atoms with Crippen molar-refractivity contribution in [3.05, 3.63) is 22.9 Å². The number of rotatable bonds is 1. The van der Waals surface area contributed by atoms with Crippen LogP contribution in [-0.4, -0.2) is 25.7 Å². The Labute approximate surface area is 91.1 Å². The Kier molecular flexibility index (Phi) is 2.48. The number of hydrogen-bond acceptors (Lipinski definition) is 3. The topological polar surface area (TPSA) is 50.3 Å². The van der Waals surface area contributed by atoms with Gasteiger partial charge >= 0.3 is 0 Å². The third kappa shape index (κ3) is 1.76. The van der Waals surface area contributed by atoms with Crippen LogP contribution >= 0.6 is 15.9 Å². The van der Waals surface area contributed by atoms with Gasteiger partial charge in [0, 0.05) is 17.2 Å². The van der Waals surface area contributed by atoms with Crippen molar-refractivity contribution in [2.45, 2.75) is 6.42 Å². The molecule has 0 radical (unpaired) electrons. The maximum absolute atomic E-state index is 11.6. The summed E-state index contributed by atoms with van der Waals surface area (Å²) in [6.07, 6.45) is 3.88. The molecule has 0 saturated carbocycles. The van der Waals surface area contributed by atoms with Gasteiger partial charge in [-0.05, 0) is 28.4 Å². The smallest absolute Gasteiger partial charge is 0.235 e. The first-order valence-corrected chi connectivity index (χ1v) is 6.61. The number of nitrogens with zero attached hydrogens (tertiary/aromatic N) is 2. The molecule has 0 N–H and O–H groups in total. The molecule has 76 valence electrons. The van der Waals surface area contributed by atoms with Crippen molar-refractivity contribution in [2.75, 3.05) is 16.6 Å². The largest absolute Gasteiger partial charge is 0.269 e. The first kappa shape index (κ1) is 9.92. The second kappa shape index (κ2) is 3.51. The van der Waals surface area contributed by atoms with Gasteiger partial charge in [0.2, 0.25) is 10.0 Å². The Bertz CT molecular complexity index is 446. The minimum absolute atomic E-state index is 0.236. The molecule has 2 rings (SSSR count). The predicted octanol–water partition coefficient (Wildman–Crippen LogP) is 1.38. The highest BCUT2D eigenvalue weighted by atomic mass is 79.9. The quantitative estimate of drug-likeness (QED) is 0.779. The van der Waals surface area contributed by atoms with Gasteiger partial charge < -0.3 is 0 Å². The van der Waals surface area contributed by atoms with Crippen molar-refractivity contribution < 1.29 is 8.42 Å². The molecule has 0 aliphatic carbocycles. The Morgan fingerprint density at radius 3 is 2.79 bits per heavy atom. The second-order valence-electron chi connectivity index (χ2n) is 3.10. The summed E-state index contributed by atoms with van der Waals surface area (Å²) in [4.78, 5) is 3.94. The maximum Gasteiger partial charge on any atom is 0.235 e. The molecule has 0 aromatic carbocycles. The fourth-order valence-electron chi connectivity index (χ4n) is 1.47. The molecule has 1 aliphatic heterocycles. The van der Waals surface area contributed by atoms with Gasteiger partial charge in [-0.15, -0.1) is 0 Å². The lowest BCUT2D eigenvalue weighted by molar-refractivity contribution is 0.599. The van der Waals surface area contributed by atoms with Gasteiger partial charge in [-0.2, -0.15) is 0 Å². The van der Waals surface area contributed by atoms with Crippen LogP contribution in [0, 0.1) is 0 Å². The van der Waals surface area contributed by atoms with Gasteiger partial charge in [0.15, 0.2) is 0 Å². The lowest BCUT2D eigenvalue weighted by Crippen LogP contribution is -2.25. The lowest BCUT2D eigenvalue weighted by atomic mass is 10.4. The van der Waals surface area contributed by atoms with Crippen LogP contribution in [0.2, 0.25) is 0 Å². The van der Waals surface area contributed by atoms with E-state index in [1.165, 1.54) is 4.31 Å². The molecule has 0 amide bonds. The summed E-state index contributed by atoms with van der Waals surface area (Å²) in [5.41, 5.74) is 0.636.